The van der Waals surface area contributed by atoms with Crippen molar-refractivity contribution in [2.75, 3.05) is 5.32 Å². The van der Waals surface area contributed by atoms with Crippen molar-refractivity contribution in [1.29, 1.82) is 0 Å². The summed E-state index contributed by atoms with van der Waals surface area (Å²) in [6.07, 6.45) is 3.29. The first-order chi connectivity index (χ1) is 7.55. The Bertz CT molecular complexity index is 320. The van der Waals surface area contributed by atoms with Gasteiger partial charge in [0.2, 0.25) is 0 Å². The second-order valence-electron chi connectivity index (χ2n) is 4.09. The van der Waals surface area contributed by atoms with E-state index in [9.17, 15) is 0 Å². The van der Waals surface area contributed by atoms with Crippen LogP contribution in [0, 0.1) is 6.92 Å². The normalized spacial score (nSPS) is 11.6. The Labute approximate surface area is 106 Å². The molecule has 0 fully saturated rings. The summed E-state index contributed by atoms with van der Waals surface area (Å²) in [5.41, 5.74) is 0.153. The molecular formula is C12H20BrN3. The van der Waals surface area contributed by atoms with Crippen molar-refractivity contribution in [1.82, 2.24) is 9.97 Å². The highest BCUT2D eigenvalue weighted by Crippen LogP contribution is 2.25. The van der Waals surface area contributed by atoms with Crippen molar-refractivity contribution < 1.29 is 0 Å². The molecule has 0 aromatic carbocycles. The SMILES string of the molecule is CCC(CC)(CC)Nc1cc(Br)nc(C)n1. The molecule has 0 unspecified atom stereocenters. The highest BCUT2D eigenvalue weighted by molar-refractivity contribution is 9.10. The van der Waals surface area contributed by atoms with Crippen LogP contribution in [0.5, 0.6) is 0 Å². The fourth-order valence-corrected chi connectivity index (χ4v) is 2.36. The van der Waals surface area contributed by atoms with Gasteiger partial charge in [-0.05, 0) is 42.1 Å². The summed E-state index contributed by atoms with van der Waals surface area (Å²) in [4.78, 5) is 8.62. The zero-order valence-corrected chi connectivity index (χ0v) is 12.1. The number of nitrogens with one attached hydrogen (secondary N) is 1. The summed E-state index contributed by atoms with van der Waals surface area (Å²) in [5, 5.41) is 3.54. The van der Waals surface area contributed by atoms with Crippen molar-refractivity contribution in [2.45, 2.75) is 52.5 Å². The lowest BCUT2D eigenvalue weighted by molar-refractivity contribution is 0.418. The van der Waals surface area contributed by atoms with E-state index in [1.165, 1.54) is 0 Å². The van der Waals surface area contributed by atoms with Crippen LogP contribution in [0.3, 0.4) is 0 Å². The molecule has 0 aliphatic heterocycles. The first-order valence-corrected chi connectivity index (χ1v) is 6.64. The highest BCUT2D eigenvalue weighted by Gasteiger charge is 2.23. The van der Waals surface area contributed by atoms with Gasteiger partial charge in [-0.25, -0.2) is 9.97 Å². The molecule has 0 bridgehead atoms. The Morgan fingerprint density at radius 3 is 2.19 bits per heavy atom. The van der Waals surface area contributed by atoms with Gasteiger partial charge in [-0.1, -0.05) is 20.8 Å². The molecule has 0 saturated carbocycles. The topological polar surface area (TPSA) is 37.8 Å². The Hall–Kier alpha value is -0.640. The third-order valence-electron chi connectivity index (χ3n) is 3.23. The smallest absolute Gasteiger partial charge is 0.131 e. The Morgan fingerprint density at radius 2 is 1.75 bits per heavy atom. The lowest BCUT2D eigenvalue weighted by Gasteiger charge is -2.32. The summed E-state index contributed by atoms with van der Waals surface area (Å²) in [6, 6.07) is 1.93. The van der Waals surface area contributed by atoms with Crippen molar-refractivity contribution in [2.24, 2.45) is 0 Å². The molecule has 1 rings (SSSR count). The molecule has 4 heteroatoms. The van der Waals surface area contributed by atoms with Crippen molar-refractivity contribution in [3.63, 3.8) is 0 Å². The number of hydrogen-bond donors (Lipinski definition) is 1. The van der Waals surface area contributed by atoms with Crippen LogP contribution in [-0.4, -0.2) is 15.5 Å². The predicted octanol–water partition coefficient (Wildman–Crippen LogP) is 3.93. The van der Waals surface area contributed by atoms with Crippen LogP contribution in [0.1, 0.15) is 45.9 Å². The quantitative estimate of drug-likeness (QED) is 0.833. The van der Waals surface area contributed by atoms with Crippen molar-refractivity contribution in [3.8, 4) is 0 Å². The Balaban J connectivity index is 2.93. The van der Waals surface area contributed by atoms with Gasteiger partial charge in [0.05, 0.1) is 0 Å². The van der Waals surface area contributed by atoms with E-state index >= 15 is 0 Å². The molecule has 0 amide bonds. The van der Waals surface area contributed by atoms with Gasteiger partial charge in [-0.3, -0.25) is 0 Å². The van der Waals surface area contributed by atoms with E-state index in [2.05, 4.69) is 52.0 Å². The average Bonchev–Trinajstić information content (AvgIpc) is 2.25. The largest absolute Gasteiger partial charge is 0.365 e. The number of anilines is 1. The van der Waals surface area contributed by atoms with E-state index in [0.29, 0.717) is 0 Å². The maximum absolute atomic E-state index is 4.41. The summed E-state index contributed by atoms with van der Waals surface area (Å²) >= 11 is 3.40. The molecule has 3 nitrogen and oxygen atoms in total. The van der Waals surface area contributed by atoms with Crippen molar-refractivity contribution >= 4 is 21.7 Å². The van der Waals surface area contributed by atoms with Gasteiger partial charge in [-0.15, -0.1) is 0 Å². The molecule has 0 aliphatic carbocycles. The Morgan fingerprint density at radius 1 is 1.19 bits per heavy atom. The Kier molecular flexibility index (Phi) is 4.71. The minimum atomic E-state index is 0.153. The highest BCUT2D eigenvalue weighted by atomic mass is 79.9. The summed E-state index contributed by atoms with van der Waals surface area (Å²) in [6.45, 7) is 8.54. The van der Waals surface area contributed by atoms with Crippen LogP contribution in [-0.2, 0) is 0 Å². The first kappa shape index (κ1) is 13.4. The third kappa shape index (κ3) is 3.17. The van der Waals surface area contributed by atoms with E-state index in [-0.39, 0.29) is 5.54 Å². The first-order valence-electron chi connectivity index (χ1n) is 5.84. The minimum absolute atomic E-state index is 0.153. The van der Waals surface area contributed by atoms with Gasteiger partial charge in [0, 0.05) is 11.6 Å². The molecule has 0 saturated heterocycles. The number of nitrogens with zero attached hydrogens (tertiary/aromatic N) is 2. The molecule has 0 atom stereocenters. The van der Waals surface area contributed by atoms with Gasteiger partial charge in [0.15, 0.2) is 0 Å². The maximum atomic E-state index is 4.41. The van der Waals surface area contributed by atoms with Gasteiger partial charge >= 0.3 is 0 Å². The number of aromatic nitrogens is 2. The molecule has 1 N–H and O–H groups in total. The lowest BCUT2D eigenvalue weighted by Crippen LogP contribution is -2.36. The fraction of sp³-hybridized carbons (Fsp3) is 0.667. The predicted molar refractivity (Wildman–Crippen MR) is 71.7 cm³/mol. The summed E-state index contributed by atoms with van der Waals surface area (Å²) in [7, 11) is 0. The van der Waals surface area contributed by atoms with Crippen LogP contribution in [0.25, 0.3) is 0 Å². The van der Waals surface area contributed by atoms with Crippen LogP contribution >= 0.6 is 15.9 Å². The van der Waals surface area contributed by atoms with Crippen LogP contribution < -0.4 is 5.32 Å². The number of halogens is 1. The lowest BCUT2D eigenvalue weighted by atomic mass is 9.90. The molecule has 1 aromatic heterocycles. The zero-order valence-electron chi connectivity index (χ0n) is 10.5. The van der Waals surface area contributed by atoms with Crippen LogP contribution in [0.4, 0.5) is 5.82 Å². The monoisotopic (exact) mass is 285 g/mol. The van der Waals surface area contributed by atoms with E-state index in [1.807, 2.05) is 13.0 Å². The number of aryl methyl sites for hydroxylation is 1. The maximum Gasteiger partial charge on any atom is 0.131 e. The minimum Gasteiger partial charge on any atom is -0.365 e. The fourth-order valence-electron chi connectivity index (χ4n) is 1.88. The second-order valence-corrected chi connectivity index (χ2v) is 4.90. The molecule has 16 heavy (non-hydrogen) atoms. The van der Waals surface area contributed by atoms with Gasteiger partial charge in [0.1, 0.15) is 16.2 Å². The number of rotatable bonds is 5. The van der Waals surface area contributed by atoms with Gasteiger partial charge in [0.25, 0.3) is 0 Å². The van der Waals surface area contributed by atoms with E-state index in [4.69, 9.17) is 0 Å². The molecule has 90 valence electrons. The molecule has 0 radical (unpaired) electrons. The third-order valence-corrected chi connectivity index (χ3v) is 3.64. The molecule has 1 aromatic rings. The van der Waals surface area contributed by atoms with Crippen molar-refractivity contribution in [3.05, 3.63) is 16.5 Å². The molecular weight excluding hydrogens is 266 g/mol. The second kappa shape index (κ2) is 5.62. The standard InChI is InChI=1S/C12H20BrN3/c1-5-12(6-2,7-3)16-11-8-10(13)14-9(4)15-11/h8H,5-7H2,1-4H3,(H,14,15,16). The molecule has 0 aliphatic rings. The molecule has 1 heterocycles. The van der Waals surface area contributed by atoms with Gasteiger partial charge in [-0.2, -0.15) is 0 Å². The van der Waals surface area contributed by atoms with E-state index in [0.717, 1.165) is 35.5 Å². The van der Waals surface area contributed by atoms with Crippen LogP contribution in [0.15, 0.2) is 10.7 Å². The summed E-state index contributed by atoms with van der Waals surface area (Å²) in [5.74, 6) is 1.69. The van der Waals surface area contributed by atoms with Gasteiger partial charge < -0.3 is 5.32 Å². The zero-order chi connectivity index (χ0) is 12.2. The van der Waals surface area contributed by atoms with E-state index < -0.39 is 0 Å². The number of hydrogen-bond acceptors (Lipinski definition) is 3. The average molecular weight is 286 g/mol. The van der Waals surface area contributed by atoms with Crippen LogP contribution in [0.2, 0.25) is 0 Å². The summed E-state index contributed by atoms with van der Waals surface area (Å²) < 4.78 is 0.833. The van der Waals surface area contributed by atoms with E-state index in [1.54, 1.807) is 0 Å². The molecule has 0 spiro atoms.